The van der Waals surface area contributed by atoms with Gasteiger partial charge in [-0.1, -0.05) is 41.4 Å². The first-order valence-corrected chi connectivity index (χ1v) is 8.87. The first-order valence-electron chi connectivity index (χ1n) is 7.19. The van der Waals surface area contributed by atoms with E-state index in [1.165, 1.54) is 11.3 Å². The van der Waals surface area contributed by atoms with Crippen molar-refractivity contribution < 1.29 is 4.79 Å². The van der Waals surface area contributed by atoms with Crippen LogP contribution < -0.4 is 5.32 Å². The van der Waals surface area contributed by atoms with Crippen LogP contribution >= 0.6 is 27.3 Å². The molecule has 2 heterocycles. The van der Waals surface area contributed by atoms with Crippen LogP contribution in [-0.2, 0) is 0 Å². The molecule has 22 heavy (non-hydrogen) atoms. The van der Waals surface area contributed by atoms with Crippen molar-refractivity contribution in [3.8, 4) is 11.3 Å². The summed E-state index contributed by atoms with van der Waals surface area (Å²) >= 11 is 4.91. The molecule has 1 amide bonds. The second-order valence-electron chi connectivity index (χ2n) is 5.02. The highest BCUT2D eigenvalue weighted by Gasteiger charge is 2.14. The summed E-state index contributed by atoms with van der Waals surface area (Å²) in [6, 6.07) is 8.00. The van der Waals surface area contributed by atoms with Crippen molar-refractivity contribution in [1.29, 1.82) is 0 Å². The van der Waals surface area contributed by atoms with E-state index in [4.69, 9.17) is 0 Å². The van der Waals surface area contributed by atoms with E-state index in [-0.39, 0.29) is 5.91 Å². The number of fused-ring (bicyclic) bond motifs is 1. The van der Waals surface area contributed by atoms with E-state index in [1.54, 1.807) is 0 Å². The molecule has 0 fully saturated rings. The van der Waals surface area contributed by atoms with Crippen molar-refractivity contribution in [3.63, 3.8) is 0 Å². The van der Waals surface area contributed by atoms with Gasteiger partial charge in [-0.2, -0.15) is 0 Å². The van der Waals surface area contributed by atoms with Gasteiger partial charge in [-0.15, -0.1) is 11.3 Å². The molecule has 1 N–H and O–H groups in total. The van der Waals surface area contributed by atoms with Gasteiger partial charge in [0.2, 0.25) is 0 Å². The van der Waals surface area contributed by atoms with Gasteiger partial charge in [0.15, 0.2) is 4.96 Å². The Kier molecular flexibility index (Phi) is 4.59. The monoisotopic (exact) mass is 377 g/mol. The molecule has 2 aromatic heterocycles. The summed E-state index contributed by atoms with van der Waals surface area (Å²) < 4.78 is 2.90. The van der Waals surface area contributed by atoms with Crippen LogP contribution in [0.2, 0.25) is 0 Å². The molecule has 3 rings (SSSR count). The Labute approximate surface area is 141 Å². The molecule has 114 valence electrons. The van der Waals surface area contributed by atoms with Gasteiger partial charge >= 0.3 is 0 Å². The van der Waals surface area contributed by atoms with Gasteiger partial charge in [0.1, 0.15) is 5.69 Å². The maximum atomic E-state index is 12.2. The first-order chi connectivity index (χ1) is 10.7. The minimum atomic E-state index is -0.0422. The van der Waals surface area contributed by atoms with Crippen molar-refractivity contribution in [3.05, 3.63) is 46.0 Å². The summed E-state index contributed by atoms with van der Waals surface area (Å²) in [4.78, 5) is 17.7. The predicted octanol–water partition coefficient (Wildman–Crippen LogP) is 4.36. The summed E-state index contributed by atoms with van der Waals surface area (Å²) in [7, 11) is 0. The second-order valence-corrected chi connectivity index (χ2v) is 6.77. The van der Waals surface area contributed by atoms with E-state index >= 15 is 0 Å². The van der Waals surface area contributed by atoms with E-state index in [9.17, 15) is 4.79 Å². The van der Waals surface area contributed by atoms with Crippen LogP contribution in [0.15, 0.2) is 40.3 Å². The third-order valence-corrected chi connectivity index (χ3v) is 4.77. The van der Waals surface area contributed by atoms with Crippen molar-refractivity contribution >= 4 is 38.1 Å². The fourth-order valence-corrected chi connectivity index (χ4v) is 3.29. The predicted molar refractivity (Wildman–Crippen MR) is 93.4 cm³/mol. The number of imidazole rings is 1. The van der Waals surface area contributed by atoms with Crippen molar-refractivity contribution in [1.82, 2.24) is 14.7 Å². The van der Waals surface area contributed by atoms with Crippen LogP contribution in [0.5, 0.6) is 0 Å². The summed E-state index contributed by atoms with van der Waals surface area (Å²) in [5.74, 6) is -0.0422. The summed E-state index contributed by atoms with van der Waals surface area (Å²) in [5.41, 5.74) is 2.56. The SMILES string of the molecule is CCCCNC(=O)c1csc2nc(-c3ccc(Br)cc3)cn12. The lowest BCUT2D eigenvalue weighted by Gasteiger charge is -2.02. The lowest BCUT2D eigenvalue weighted by atomic mass is 10.2. The molecule has 3 aromatic rings. The molecule has 0 aliphatic rings. The molecule has 4 nitrogen and oxygen atoms in total. The number of hydrogen-bond donors (Lipinski definition) is 1. The molecule has 0 saturated carbocycles. The van der Waals surface area contributed by atoms with E-state index in [0.29, 0.717) is 12.2 Å². The van der Waals surface area contributed by atoms with Gasteiger partial charge in [0.25, 0.3) is 5.91 Å². The van der Waals surface area contributed by atoms with Gasteiger partial charge in [0.05, 0.1) is 5.69 Å². The molecule has 1 aromatic carbocycles. The Balaban J connectivity index is 1.88. The maximum absolute atomic E-state index is 12.2. The quantitative estimate of drug-likeness (QED) is 0.671. The highest BCUT2D eigenvalue weighted by atomic mass is 79.9. The average Bonchev–Trinajstić information content (AvgIpc) is 3.08. The zero-order chi connectivity index (χ0) is 15.5. The number of benzene rings is 1. The van der Waals surface area contributed by atoms with E-state index < -0.39 is 0 Å². The lowest BCUT2D eigenvalue weighted by molar-refractivity contribution is 0.0947. The minimum Gasteiger partial charge on any atom is -0.351 e. The number of halogens is 1. The van der Waals surface area contributed by atoms with Crippen molar-refractivity contribution in [2.24, 2.45) is 0 Å². The largest absolute Gasteiger partial charge is 0.351 e. The zero-order valence-electron chi connectivity index (χ0n) is 12.2. The Hall–Kier alpha value is -1.66. The van der Waals surface area contributed by atoms with Crippen LogP contribution in [0.4, 0.5) is 0 Å². The number of thiazole rings is 1. The Morgan fingerprint density at radius 3 is 2.86 bits per heavy atom. The van der Waals surface area contributed by atoms with Gasteiger partial charge < -0.3 is 5.32 Å². The van der Waals surface area contributed by atoms with Gasteiger partial charge in [0, 0.05) is 28.2 Å². The van der Waals surface area contributed by atoms with Crippen LogP contribution in [0.1, 0.15) is 30.3 Å². The maximum Gasteiger partial charge on any atom is 0.269 e. The summed E-state index contributed by atoms with van der Waals surface area (Å²) in [6.45, 7) is 2.82. The van der Waals surface area contributed by atoms with E-state index in [0.717, 1.165) is 33.5 Å². The standard InChI is InChI=1S/C16H16BrN3OS/c1-2-3-8-18-15(21)14-10-22-16-19-13(9-20(14)16)11-4-6-12(17)7-5-11/h4-7,9-10H,2-3,8H2,1H3,(H,18,21). The molecule has 0 saturated heterocycles. The third kappa shape index (κ3) is 3.08. The Morgan fingerprint density at radius 1 is 1.36 bits per heavy atom. The highest BCUT2D eigenvalue weighted by Crippen LogP contribution is 2.24. The van der Waals surface area contributed by atoms with Gasteiger partial charge in [-0.25, -0.2) is 4.98 Å². The van der Waals surface area contributed by atoms with Gasteiger partial charge in [-0.05, 0) is 18.6 Å². The van der Waals surface area contributed by atoms with Crippen LogP contribution in [0, 0.1) is 0 Å². The number of amides is 1. The summed E-state index contributed by atoms with van der Waals surface area (Å²) in [6.07, 6.45) is 3.98. The molecular weight excluding hydrogens is 362 g/mol. The molecule has 0 radical (unpaired) electrons. The zero-order valence-corrected chi connectivity index (χ0v) is 14.6. The Bertz CT molecular complexity index is 791. The number of nitrogens with zero attached hydrogens (tertiary/aromatic N) is 2. The van der Waals surface area contributed by atoms with E-state index in [1.807, 2.05) is 40.2 Å². The fourth-order valence-electron chi connectivity index (χ4n) is 2.18. The molecule has 0 bridgehead atoms. The second kappa shape index (κ2) is 6.62. The van der Waals surface area contributed by atoms with Crippen molar-refractivity contribution in [2.45, 2.75) is 19.8 Å². The van der Waals surface area contributed by atoms with Crippen LogP contribution in [0.25, 0.3) is 16.2 Å². The van der Waals surface area contributed by atoms with Crippen LogP contribution in [0.3, 0.4) is 0 Å². The molecule has 0 aliphatic carbocycles. The van der Waals surface area contributed by atoms with Crippen LogP contribution in [-0.4, -0.2) is 21.8 Å². The molecular formula is C16H16BrN3OS. The van der Waals surface area contributed by atoms with E-state index in [2.05, 4.69) is 33.2 Å². The topological polar surface area (TPSA) is 46.4 Å². The number of aromatic nitrogens is 2. The molecule has 6 heteroatoms. The van der Waals surface area contributed by atoms with Gasteiger partial charge in [-0.3, -0.25) is 9.20 Å². The number of hydrogen-bond acceptors (Lipinski definition) is 3. The summed E-state index contributed by atoms with van der Waals surface area (Å²) in [5, 5.41) is 4.80. The average molecular weight is 378 g/mol. The molecule has 0 aliphatic heterocycles. The first kappa shape index (κ1) is 15.2. The lowest BCUT2D eigenvalue weighted by Crippen LogP contribution is -2.25. The number of nitrogens with one attached hydrogen (secondary N) is 1. The molecule has 0 atom stereocenters. The highest BCUT2D eigenvalue weighted by molar-refractivity contribution is 9.10. The number of carbonyl (C=O) groups excluding carboxylic acids is 1. The molecule has 0 spiro atoms. The third-order valence-electron chi connectivity index (χ3n) is 3.40. The Morgan fingerprint density at radius 2 is 2.14 bits per heavy atom. The normalized spacial score (nSPS) is 11.0. The smallest absolute Gasteiger partial charge is 0.269 e. The minimum absolute atomic E-state index is 0.0422. The van der Waals surface area contributed by atoms with Crippen molar-refractivity contribution in [2.75, 3.05) is 6.54 Å². The molecule has 0 unspecified atom stereocenters. The number of rotatable bonds is 5. The fraction of sp³-hybridized carbons (Fsp3) is 0.250. The number of unbranched alkanes of at least 4 members (excludes halogenated alkanes) is 1. The number of carbonyl (C=O) groups is 1.